The Labute approximate surface area is 154 Å². The third-order valence-electron chi connectivity index (χ3n) is 4.28. The fraction of sp³-hybridized carbons (Fsp3) is 0.333. The number of nitrogens with one attached hydrogen (secondary N) is 1. The number of hydrogen-bond donors (Lipinski definition) is 1. The van der Waals surface area contributed by atoms with Crippen LogP contribution in [0.25, 0.3) is 9.53 Å². The van der Waals surface area contributed by atoms with Crippen LogP contribution < -0.4 is 15.0 Å². The zero-order chi connectivity index (χ0) is 17.2. The van der Waals surface area contributed by atoms with Gasteiger partial charge in [-0.3, -0.25) is 4.79 Å². The molecule has 0 spiro atoms. The van der Waals surface area contributed by atoms with Gasteiger partial charge in [-0.25, -0.2) is 4.98 Å². The van der Waals surface area contributed by atoms with E-state index in [0.717, 1.165) is 39.2 Å². The molecule has 5 nitrogen and oxygen atoms in total. The summed E-state index contributed by atoms with van der Waals surface area (Å²) in [5, 5.41) is 4.01. The average molecular weight is 374 g/mol. The number of ether oxygens (including phenoxy) is 1. The van der Waals surface area contributed by atoms with Crippen LogP contribution in [0.4, 0.5) is 10.8 Å². The predicted octanol–water partition coefficient (Wildman–Crippen LogP) is 4.61. The van der Waals surface area contributed by atoms with Crippen LogP contribution in [0, 0.1) is 0 Å². The molecule has 0 unspecified atom stereocenters. The number of amides is 1. The molecule has 1 fully saturated rings. The number of piperidine rings is 1. The zero-order valence-corrected chi connectivity index (χ0v) is 15.6. The topological polar surface area (TPSA) is 54.5 Å². The molecular weight excluding hydrogens is 354 g/mol. The van der Waals surface area contributed by atoms with Gasteiger partial charge in [-0.15, -0.1) is 11.3 Å². The standard InChI is InChI=1S/C18H19N3O2S2/c1-23-13-7-5-12(6-8-13)19-16(22)14-11-15-17(24-14)20-18(25-15)21-9-3-2-4-10-21/h5-8,11H,2-4,9-10H2,1H3,(H,19,22). The smallest absolute Gasteiger partial charge is 0.265 e. The van der Waals surface area contributed by atoms with E-state index in [9.17, 15) is 4.79 Å². The van der Waals surface area contributed by atoms with Crippen LogP contribution in [0.5, 0.6) is 5.75 Å². The fourth-order valence-electron chi connectivity index (χ4n) is 2.92. The second kappa shape index (κ2) is 7.01. The molecule has 0 atom stereocenters. The molecular formula is C18H19N3O2S2. The normalized spacial score (nSPS) is 14.7. The largest absolute Gasteiger partial charge is 0.497 e. The molecule has 0 aliphatic carbocycles. The van der Waals surface area contributed by atoms with E-state index in [4.69, 9.17) is 9.72 Å². The van der Waals surface area contributed by atoms with Gasteiger partial charge in [-0.1, -0.05) is 11.3 Å². The number of fused-ring (bicyclic) bond motifs is 1. The average Bonchev–Trinajstić information content (AvgIpc) is 3.22. The van der Waals surface area contributed by atoms with Gasteiger partial charge in [0.05, 0.1) is 16.7 Å². The molecule has 0 radical (unpaired) electrons. The molecule has 4 rings (SSSR count). The number of aromatic nitrogens is 1. The van der Waals surface area contributed by atoms with Gasteiger partial charge >= 0.3 is 0 Å². The van der Waals surface area contributed by atoms with Crippen molar-refractivity contribution < 1.29 is 9.53 Å². The van der Waals surface area contributed by atoms with Gasteiger partial charge in [0.25, 0.3) is 5.91 Å². The van der Waals surface area contributed by atoms with Gasteiger partial charge in [-0.05, 0) is 49.6 Å². The van der Waals surface area contributed by atoms with Crippen molar-refractivity contribution in [1.29, 1.82) is 0 Å². The lowest BCUT2D eigenvalue weighted by atomic mass is 10.1. The van der Waals surface area contributed by atoms with Gasteiger partial charge in [0.1, 0.15) is 10.6 Å². The van der Waals surface area contributed by atoms with E-state index < -0.39 is 0 Å². The number of thiophene rings is 1. The number of anilines is 2. The van der Waals surface area contributed by atoms with Crippen molar-refractivity contribution in [3.8, 4) is 5.75 Å². The molecule has 130 valence electrons. The number of carbonyl (C=O) groups excluding carboxylic acids is 1. The van der Waals surface area contributed by atoms with Crippen molar-refractivity contribution in [1.82, 2.24) is 4.98 Å². The summed E-state index contributed by atoms with van der Waals surface area (Å²) in [6.45, 7) is 2.18. The first-order valence-corrected chi connectivity index (χ1v) is 9.97. The second-order valence-corrected chi connectivity index (χ2v) is 8.05. The summed E-state index contributed by atoms with van der Waals surface area (Å²) in [7, 11) is 1.62. The van der Waals surface area contributed by atoms with Crippen LogP contribution in [0.2, 0.25) is 0 Å². The van der Waals surface area contributed by atoms with E-state index in [1.54, 1.807) is 18.4 Å². The highest BCUT2D eigenvalue weighted by molar-refractivity contribution is 7.29. The SMILES string of the molecule is COc1ccc(NC(=O)c2cc3sc(N4CCCCC4)nc3s2)cc1. The third kappa shape index (κ3) is 3.48. The molecule has 0 saturated carbocycles. The van der Waals surface area contributed by atoms with E-state index >= 15 is 0 Å². The Hall–Kier alpha value is -2.12. The maximum Gasteiger partial charge on any atom is 0.265 e. The van der Waals surface area contributed by atoms with E-state index in [1.807, 2.05) is 30.3 Å². The minimum absolute atomic E-state index is 0.0973. The molecule has 1 saturated heterocycles. The van der Waals surface area contributed by atoms with E-state index in [0.29, 0.717) is 4.88 Å². The molecule has 25 heavy (non-hydrogen) atoms. The van der Waals surface area contributed by atoms with Gasteiger partial charge in [-0.2, -0.15) is 0 Å². The number of methoxy groups -OCH3 is 1. The Balaban J connectivity index is 1.48. The lowest BCUT2D eigenvalue weighted by Gasteiger charge is -2.25. The van der Waals surface area contributed by atoms with Gasteiger partial charge in [0.15, 0.2) is 5.13 Å². The summed E-state index contributed by atoms with van der Waals surface area (Å²) < 4.78 is 6.22. The number of carbonyl (C=O) groups is 1. The van der Waals surface area contributed by atoms with Gasteiger partial charge in [0, 0.05) is 18.8 Å². The van der Waals surface area contributed by atoms with Crippen LogP contribution in [0.1, 0.15) is 28.9 Å². The minimum atomic E-state index is -0.0973. The maximum atomic E-state index is 12.5. The van der Waals surface area contributed by atoms with Crippen LogP contribution in [-0.4, -0.2) is 31.1 Å². The van der Waals surface area contributed by atoms with E-state index in [-0.39, 0.29) is 5.91 Å². The van der Waals surface area contributed by atoms with Crippen molar-refractivity contribution in [3.63, 3.8) is 0 Å². The monoisotopic (exact) mass is 373 g/mol. The van der Waals surface area contributed by atoms with Gasteiger partial charge in [0.2, 0.25) is 0 Å². The first kappa shape index (κ1) is 16.4. The Morgan fingerprint density at radius 1 is 1.16 bits per heavy atom. The maximum absolute atomic E-state index is 12.5. The minimum Gasteiger partial charge on any atom is -0.497 e. The summed E-state index contributed by atoms with van der Waals surface area (Å²) in [6.07, 6.45) is 3.79. The number of nitrogens with zero attached hydrogens (tertiary/aromatic N) is 2. The molecule has 1 aliphatic heterocycles. The van der Waals surface area contributed by atoms with Crippen LogP contribution in [0.3, 0.4) is 0 Å². The quantitative estimate of drug-likeness (QED) is 0.726. The lowest BCUT2D eigenvalue weighted by Crippen LogP contribution is -2.29. The summed E-state index contributed by atoms with van der Waals surface area (Å²) >= 11 is 3.13. The van der Waals surface area contributed by atoms with Crippen molar-refractivity contribution in [2.45, 2.75) is 19.3 Å². The van der Waals surface area contributed by atoms with Crippen LogP contribution in [-0.2, 0) is 0 Å². The zero-order valence-electron chi connectivity index (χ0n) is 13.9. The van der Waals surface area contributed by atoms with Crippen molar-refractivity contribution in [2.24, 2.45) is 0 Å². The first-order chi connectivity index (χ1) is 12.2. The van der Waals surface area contributed by atoms with E-state index in [1.165, 1.54) is 30.6 Å². The first-order valence-electron chi connectivity index (χ1n) is 8.33. The molecule has 3 heterocycles. The summed E-state index contributed by atoms with van der Waals surface area (Å²) in [5.74, 6) is 0.670. The molecule has 1 amide bonds. The number of rotatable bonds is 4. The highest BCUT2D eigenvalue weighted by Crippen LogP contribution is 2.35. The Morgan fingerprint density at radius 2 is 1.92 bits per heavy atom. The number of thiazole rings is 1. The molecule has 0 bridgehead atoms. The Bertz CT molecular complexity index is 848. The molecule has 1 aliphatic rings. The third-order valence-corrected chi connectivity index (χ3v) is 6.50. The van der Waals surface area contributed by atoms with E-state index in [2.05, 4.69) is 10.2 Å². The van der Waals surface area contributed by atoms with Crippen LogP contribution in [0.15, 0.2) is 30.3 Å². The second-order valence-electron chi connectivity index (χ2n) is 6.01. The summed E-state index contributed by atoms with van der Waals surface area (Å²) in [5.41, 5.74) is 0.754. The Morgan fingerprint density at radius 3 is 2.60 bits per heavy atom. The molecule has 3 aromatic rings. The number of benzene rings is 1. The molecule has 2 aromatic heterocycles. The van der Waals surface area contributed by atoms with Crippen molar-refractivity contribution in [3.05, 3.63) is 35.2 Å². The van der Waals surface area contributed by atoms with Crippen LogP contribution >= 0.6 is 22.7 Å². The lowest BCUT2D eigenvalue weighted by molar-refractivity contribution is 0.103. The highest BCUT2D eigenvalue weighted by atomic mass is 32.1. The molecule has 7 heteroatoms. The fourth-order valence-corrected chi connectivity index (χ4v) is 5.08. The van der Waals surface area contributed by atoms with Crippen molar-refractivity contribution >= 4 is 48.9 Å². The van der Waals surface area contributed by atoms with Gasteiger partial charge < -0.3 is 15.0 Å². The summed E-state index contributed by atoms with van der Waals surface area (Å²) in [6, 6.07) is 9.27. The Kier molecular flexibility index (Phi) is 4.59. The highest BCUT2D eigenvalue weighted by Gasteiger charge is 2.18. The molecule has 1 N–H and O–H groups in total. The number of hydrogen-bond acceptors (Lipinski definition) is 6. The molecule has 1 aromatic carbocycles. The van der Waals surface area contributed by atoms with Crippen molar-refractivity contribution in [2.75, 3.05) is 30.4 Å². The predicted molar refractivity (Wildman–Crippen MR) is 105 cm³/mol. The summed E-state index contributed by atoms with van der Waals surface area (Å²) in [4.78, 5) is 21.2.